The number of rotatable bonds is 4. The molecule has 1 fully saturated rings. The first-order valence-electron chi connectivity index (χ1n) is 8.60. The van der Waals surface area contributed by atoms with Crippen LogP contribution in [-0.4, -0.2) is 40.0 Å². The Kier molecular flexibility index (Phi) is 6.69. The summed E-state index contributed by atoms with van der Waals surface area (Å²) in [6.07, 6.45) is 1.01. The maximum absolute atomic E-state index is 12.4. The minimum Gasteiger partial charge on any atom is -0.442 e. The number of nitrogens with zero attached hydrogens (tertiary/aromatic N) is 2. The molecule has 0 saturated heterocycles. The summed E-state index contributed by atoms with van der Waals surface area (Å²) in [6, 6.07) is -0.237. The lowest BCUT2D eigenvalue weighted by atomic mass is 9.80. The highest BCUT2D eigenvalue weighted by Crippen LogP contribution is 2.24. The number of amides is 1. The van der Waals surface area contributed by atoms with E-state index in [4.69, 9.17) is 4.74 Å². The van der Waals surface area contributed by atoms with E-state index in [2.05, 4.69) is 5.10 Å². The standard InChI is InChI=1S/C18H30N2O4/c1-11(2)16(22)15-13(9-8-10-14(15)21)19-20(12(3)4)17(23)24-18(5,6)7/h11-12,15H,8-10H2,1-7H3/b19-13-. The lowest BCUT2D eigenvalue weighted by Gasteiger charge is -2.29. The van der Waals surface area contributed by atoms with Gasteiger partial charge in [-0.3, -0.25) is 9.59 Å². The first-order valence-corrected chi connectivity index (χ1v) is 8.60. The molecule has 6 nitrogen and oxygen atoms in total. The topological polar surface area (TPSA) is 76.0 Å². The van der Waals surface area contributed by atoms with Gasteiger partial charge in [0.25, 0.3) is 0 Å². The minimum absolute atomic E-state index is 0.105. The molecule has 24 heavy (non-hydrogen) atoms. The second-order valence-corrected chi connectivity index (χ2v) is 7.82. The van der Waals surface area contributed by atoms with Gasteiger partial charge in [0.1, 0.15) is 17.3 Å². The fourth-order valence-electron chi connectivity index (χ4n) is 2.50. The summed E-state index contributed by atoms with van der Waals surface area (Å²) in [5.74, 6) is -1.32. The van der Waals surface area contributed by atoms with Crippen molar-refractivity contribution in [1.29, 1.82) is 0 Å². The highest BCUT2D eigenvalue weighted by molar-refractivity contribution is 6.22. The maximum Gasteiger partial charge on any atom is 0.431 e. The van der Waals surface area contributed by atoms with Crippen LogP contribution in [0.4, 0.5) is 4.79 Å². The molecule has 0 aromatic rings. The molecule has 1 saturated carbocycles. The van der Waals surface area contributed by atoms with E-state index in [-0.39, 0.29) is 23.5 Å². The number of Topliss-reactive ketones (excluding diaryl/α,β-unsaturated/α-hetero) is 2. The van der Waals surface area contributed by atoms with Gasteiger partial charge in [0.2, 0.25) is 0 Å². The Balaban J connectivity index is 3.16. The Morgan fingerprint density at radius 1 is 1.17 bits per heavy atom. The van der Waals surface area contributed by atoms with Gasteiger partial charge in [-0.05, 0) is 47.5 Å². The highest BCUT2D eigenvalue weighted by atomic mass is 16.6. The number of ketones is 2. The summed E-state index contributed by atoms with van der Waals surface area (Å²) in [5.41, 5.74) is -0.163. The lowest BCUT2D eigenvalue weighted by Crippen LogP contribution is -2.42. The average molecular weight is 338 g/mol. The average Bonchev–Trinajstić information content (AvgIpc) is 2.41. The molecule has 0 aromatic carbocycles. The third kappa shape index (κ3) is 5.42. The minimum atomic E-state index is -0.831. The number of hydrogen-bond acceptors (Lipinski definition) is 5. The largest absolute Gasteiger partial charge is 0.442 e. The van der Waals surface area contributed by atoms with Crippen molar-refractivity contribution in [1.82, 2.24) is 5.01 Å². The van der Waals surface area contributed by atoms with Crippen molar-refractivity contribution in [2.75, 3.05) is 0 Å². The molecule has 136 valence electrons. The van der Waals surface area contributed by atoms with Gasteiger partial charge >= 0.3 is 6.09 Å². The van der Waals surface area contributed by atoms with Crippen LogP contribution in [0, 0.1) is 11.8 Å². The maximum atomic E-state index is 12.4. The Bertz CT molecular complexity index is 530. The zero-order valence-electron chi connectivity index (χ0n) is 15.9. The Hall–Kier alpha value is -1.72. The van der Waals surface area contributed by atoms with Crippen molar-refractivity contribution in [2.24, 2.45) is 16.9 Å². The molecule has 0 N–H and O–H groups in total. The molecule has 0 aliphatic heterocycles. The van der Waals surface area contributed by atoms with E-state index >= 15 is 0 Å². The first-order chi connectivity index (χ1) is 10.9. The molecule has 1 atom stereocenters. The van der Waals surface area contributed by atoms with Gasteiger partial charge in [-0.2, -0.15) is 10.1 Å². The van der Waals surface area contributed by atoms with Crippen LogP contribution in [0.1, 0.15) is 67.7 Å². The van der Waals surface area contributed by atoms with Crippen molar-refractivity contribution in [2.45, 2.75) is 79.4 Å². The van der Waals surface area contributed by atoms with Crippen LogP contribution in [0.15, 0.2) is 5.10 Å². The van der Waals surface area contributed by atoms with E-state index in [1.165, 1.54) is 5.01 Å². The third-order valence-electron chi connectivity index (χ3n) is 3.67. The van der Waals surface area contributed by atoms with Gasteiger partial charge in [0, 0.05) is 12.3 Å². The number of hydrazone groups is 1. The van der Waals surface area contributed by atoms with Gasteiger partial charge < -0.3 is 4.74 Å². The number of hydrogen-bond donors (Lipinski definition) is 0. The van der Waals surface area contributed by atoms with Gasteiger partial charge in [-0.1, -0.05) is 13.8 Å². The van der Waals surface area contributed by atoms with Crippen LogP contribution in [-0.2, 0) is 14.3 Å². The zero-order chi connectivity index (χ0) is 18.7. The monoisotopic (exact) mass is 338 g/mol. The summed E-state index contributed by atoms with van der Waals surface area (Å²) in [4.78, 5) is 37.1. The van der Waals surface area contributed by atoms with Crippen molar-refractivity contribution in [3.05, 3.63) is 0 Å². The van der Waals surface area contributed by atoms with Gasteiger partial charge in [0.05, 0.1) is 11.8 Å². The fourth-order valence-corrected chi connectivity index (χ4v) is 2.50. The van der Waals surface area contributed by atoms with Gasteiger partial charge in [0.15, 0.2) is 5.78 Å². The predicted octanol–water partition coefficient (Wildman–Crippen LogP) is 3.58. The van der Waals surface area contributed by atoms with E-state index < -0.39 is 17.6 Å². The van der Waals surface area contributed by atoms with Crippen LogP contribution >= 0.6 is 0 Å². The van der Waals surface area contributed by atoms with Crippen LogP contribution in [0.2, 0.25) is 0 Å². The zero-order valence-corrected chi connectivity index (χ0v) is 15.9. The Morgan fingerprint density at radius 3 is 2.21 bits per heavy atom. The van der Waals surface area contributed by atoms with Crippen molar-refractivity contribution < 1.29 is 19.1 Å². The van der Waals surface area contributed by atoms with Gasteiger partial charge in [-0.15, -0.1) is 0 Å². The fraction of sp³-hybridized carbons (Fsp3) is 0.778. The normalized spacial score (nSPS) is 20.6. The highest BCUT2D eigenvalue weighted by Gasteiger charge is 2.37. The second kappa shape index (κ2) is 7.90. The molecule has 1 amide bonds. The summed E-state index contributed by atoms with van der Waals surface area (Å²) in [6.45, 7) is 12.5. The Labute approximate surface area is 144 Å². The van der Waals surface area contributed by atoms with E-state index in [1.807, 2.05) is 13.8 Å². The van der Waals surface area contributed by atoms with Crippen molar-refractivity contribution in [3.63, 3.8) is 0 Å². The molecule has 1 rings (SSSR count). The first kappa shape index (κ1) is 20.3. The van der Waals surface area contributed by atoms with Crippen LogP contribution in [0.5, 0.6) is 0 Å². The molecule has 0 heterocycles. The molecule has 1 aliphatic rings. The molecular formula is C18H30N2O4. The predicted molar refractivity (Wildman–Crippen MR) is 92.8 cm³/mol. The smallest absolute Gasteiger partial charge is 0.431 e. The van der Waals surface area contributed by atoms with Crippen LogP contribution < -0.4 is 0 Å². The molecule has 0 spiro atoms. The quantitative estimate of drug-likeness (QED) is 0.580. The van der Waals surface area contributed by atoms with E-state index in [1.54, 1.807) is 34.6 Å². The van der Waals surface area contributed by atoms with E-state index in [0.717, 1.165) is 0 Å². The lowest BCUT2D eigenvalue weighted by molar-refractivity contribution is -0.132. The van der Waals surface area contributed by atoms with Crippen molar-refractivity contribution in [3.8, 4) is 0 Å². The summed E-state index contributed by atoms with van der Waals surface area (Å²) in [5, 5.41) is 5.62. The summed E-state index contributed by atoms with van der Waals surface area (Å²) in [7, 11) is 0. The summed E-state index contributed by atoms with van der Waals surface area (Å²) >= 11 is 0. The second-order valence-electron chi connectivity index (χ2n) is 7.82. The van der Waals surface area contributed by atoms with Crippen molar-refractivity contribution >= 4 is 23.4 Å². The SMILES string of the molecule is CC(C)C(=O)C1C(=O)CCC/C1=N/N(C(=O)OC(C)(C)C)C(C)C. The molecule has 0 radical (unpaired) electrons. The molecule has 1 unspecified atom stereocenters. The summed E-state index contributed by atoms with van der Waals surface area (Å²) < 4.78 is 5.38. The number of carbonyl (C=O) groups excluding carboxylic acids is 3. The van der Waals surface area contributed by atoms with E-state index in [9.17, 15) is 14.4 Å². The molecule has 0 bridgehead atoms. The van der Waals surface area contributed by atoms with Crippen LogP contribution in [0.3, 0.4) is 0 Å². The molecule has 0 aromatic heterocycles. The van der Waals surface area contributed by atoms with Gasteiger partial charge in [-0.25, -0.2) is 4.79 Å². The van der Waals surface area contributed by atoms with Crippen LogP contribution in [0.25, 0.3) is 0 Å². The number of ether oxygens (including phenoxy) is 1. The Morgan fingerprint density at radius 2 is 1.75 bits per heavy atom. The molecular weight excluding hydrogens is 308 g/mol. The third-order valence-corrected chi connectivity index (χ3v) is 3.67. The molecule has 1 aliphatic carbocycles. The van der Waals surface area contributed by atoms with E-state index in [0.29, 0.717) is 25.0 Å². The molecule has 6 heteroatoms. The number of carbonyl (C=O) groups is 3.